The molecule has 8 nitrogen and oxygen atoms in total. The van der Waals surface area contributed by atoms with Gasteiger partial charge in [0.1, 0.15) is 18.2 Å². The second-order valence-electron chi connectivity index (χ2n) is 8.59. The van der Waals surface area contributed by atoms with E-state index >= 15 is 0 Å². The van der Waals surface area contributed by atoms with Gasteiger partial charge < -0.3 is 18.9 Å². The molecule has 1 fully saturated rings. The Morgan fingerprint density at radius 3 is 2.54 bits per heavy atom. The number of piperazine rings is 1. The highest BCUT2D eigenvalue weighted by Crippen LogP contribution is 2.16. The molecule has 3 aromatic rings. The van der Waals surface area contributed by atoms with Crippen LogP contribution in [0.25, 0.3) is 0 Å². The molecule has 0 aliphatic carbocycles. The van der Waals surface area contributed by atoms with Gasteiger partial charge in [0, 0.05) is 45.5 Å². The van der Waals surface area contributed by atoms with Crippen molar-refractivity contribution in [3.05, 3.63) is 82.9 Å². The summed E-state index contributed by atoms with van der Waals surface area (Å²) in [5.41, 5.74) is 3.84. The van der Waals surface area contributed by atoms with Gasteiger partial charge in [-0.25, -0.2) is 9.78 Å². The van der Waals surface area contributed by atoms with Crippen molar-refractivity contribution in [1.29, 1.82) is 5.26 Å². The summed E-state index contributed by atoms with van der Waals surface area (Å²) in [5, 5.41) is 9.01. The Hall–Kier alpha value is -3.83. The summed E-state index contributed by atoms with van der Waals surface area (Å²) >= 11 is 0. The lowest BCUT2D eigenvalue weighted by molar-refractivity contribution is 0.0695. The van der Waals surface area contributed by atoms with Gasteiger partial charge in [-0.3, -0.25) is 4.90 Å². The third-order valence-corrected chi connectivity index (χ3v) is 6.15. The fourth-order valence-corrected chi connectivity index (χ4v) is 4.17. The molecule has 35 heavy (non-hydrogen) atoms. The molecule has 0 radical (unpaired) electrons. The monoisotopic (exact) mass is 473 g/mol. The summed E-state index contributed by atoms with van der Waals surface area (Å²) in [6.07, 6.45) is 1.64. The quantitative estimate of drug-likeness (QED) is 0.492. The molecule has 1 aliphatic heterocycles. The number of nitrogens with zero attached hydrogens (tertiary/aromatic N) is 5. The van der Waals surface area contributed by atoms with Gasteiger partial charge in [-0.05, 0) is 49.2 Å². The highest BCUT2D eigenvalue weighted by molar-refractivity contribution is 5.67. The summed E-state index contributed by atoms with van der Waals surface area (Å²) in [5.74, 6) is 1.74. The van der Waals surface area contributed by atoms with Gasteiger partial charge in [-0.1, -0.05) is 24.3 Å². The zero-order valence-corrected chi connectivity index (χ0v) is 20.3. The van der Waals surface area contributed by atoms with Crippen LogP contribution in [0, 0.1) is 18.3 Å². The van der Waals surface area contributed by atoms with Crippen LogP contribution in [0.5, 0.6) is 5.75 Å². The number of ether oxygens (including phenoxy) is 2. The average Bonchev–Trinajstić information content (AvgIpc) is 3.22. The van der Waals surface area contributed by atoms with E-state index in [1.807, 2.05) is 68.6 Å². The van der Waals surface area contributed by atoms with Gasteiger partial charge in [0.2, 0.25) is 0 Å². The molecular formula is C27H31N5O3. The fraction of sp³-hybridized carbons (Fsp3) is 0.370. The molecule has 1 amide bonds. The number of aromatic nitrogens is 2. The first kappa shape index (κ1) is 24.3. The molecule has 1 saturated heterocycles. The largest absolute Gasteiger partial charge is 0.494 e. The highest BCUT2D eigenvalue weighted by atomic mass is 16.6. The molecule has 8 heteroatoms. The maximum absolute atomic E-state index is 12.6. The minimum Gasteiger partial charge on any atom is -0.494 e. The van der Waals surface area contributed by atoms with Gasteiger partial charge >= 0.3 is 6.09 Å². The van der Waals surface area contributed by atoms with Crippen LogP contribution in [0.15, 0.2) is 54.7 Å². The van der Waals surface area contributed by atoms with E-state index in [1.54, 1.807) is 4.90 Å². The van der Waals surface area contributed by atoms with E-state index in [-0.39, 0.29) is 12.7 Å². The lowest BCUT2D eigenvalue weighted by Gasteiger charge is -2.34. The zero-order chi connectivity index (χ0) is 24.6. The van der Waals surface area contributed by atoms with Crippen molar-refractivity contribution in [2.75, 3.05) is 32.8 Å². The second-order valence-corrected chi connectivity index (χ2v) is 8.59. The Kier molecular flexibility index (Phi) is 8.01. The Morgan fingerprint density at radius 1 is 1.06 bits per heavy atom. The second kappa shape index (κ2) is 11.5. The molecule has 0 unspecified atom stereocenters. The van der Waals surface area contributed by atoms with E-state index < -0.39 is 0 Å². The summed E-state index contributed by atoms with van der Waals surface area (Å²) in [7, 11) is 0. The Morgan fingerprint density at radius 2 is 1.83 bits per heavy atom. The standard InChI is InChI=1S/C27H31N5O3/c1-3-34-26-6-4-5-24(15-26)20-35-27(33)31-13-11-30(12-14-31)19-25-17-29-21(2)32(25)18-23-9-7-22(16-28)8-10-23/h4-10,15,17H,3,11-14,18-20H2,1-2H3. The van der Waals surface area contributed by atoms with E-state index in [0.717, 1.165) is 48.0 Å². The maximum Gasteiger partial charge on any atom is 0.410 e. The number of rotatable bonds is 8. The number of imidazole rings is 1. The maximum atomic E-state index is 12.6. The van der Waals surface area contributed by atoms with E-state index in [4.69, 9.17) is 14.7 Å². The van der Waals surface area contributed by atoms with Gasteiger partial charge in [-0.15, -0.1) is 0 Å². The van der Waals surface area contributed by atoms with Crippen molar-refractivity contribution < 1.29 is 14.3 Å². The topological polar surface area (TPSA) is 83.6 Å². The number of aryl methyl sites for hydroxylation is 1. The number of hydrogen-bond donors (Lipinski definition) is 0. The van der Waals surface area contributed by atoms with Crippen molar-refractivity contribution in [3.63, 3.8) is 0 Å². The van der Waals surface area contributed by atoms with Gasteiger partial charge in [-0.2, -0.15) is 5.26 Å². The molecule has 2 aromatic carbocycles. The fourth-order valence-electron chi connectivity index (χ4n) is 4.17. The minimum absolute atomic E-state index is 0.230. The van der Waals surface area contributed by atoms with Crippen LogP contribution in [-0.4, -0.2) is 58.2 Å². The number of amides is 1. The Labute approximate surface area is 206 Å². The summed E-state index contributed by atoms with van der Waals surface area (Å²) < 4.78 is 13.3. The van der Waals surface area contributed by atoms with E-state index in [2.05, 4.69) is 20.5 Å². The lowest BCUT2D eigenvalue weighted by Crippen LogP contribution is -2.48. The average molecular weight is 474 g/mol. The van der Waals surface area contributed by atoms with Gasteiger partial charge in [0.05, 0.1) is 23.9 Å². The molecule has 0 bridgehead atoms. The predicted molar refractivity (Wildman–Crippen MR) is 132 cm³/mol. The SMILES string of the molecule is CCOc1cccc(COC(=O)N2CCN(Cc3cnc(C)n3Cc3ccc(C#N)cc3)CC2)c1. The van der Waals surface area contributed by atoms with Crippen LogP contribution in [-0.2, 0) is 24.4 Å². The Bertz CT molecular complexity index is 1170. The predicted octanol–water partition coefficient (Wildman–Crippen LogP) is 3.96. The minimum atomic E-state index is -0.284. The highest BCUT2D eigenvalue weighted by Gasteiger charge is 2.23. The van der Waals surface area contributed by atoms with Crippen LogP contribution in [0.2, 0.25) is 0 Å². The normalized spacial score (nSPS) is 13.9. The molecule has 0 spiro atoms. The van der Waals surface area contributed by atoms with Crippen LogP contribution in [0.4, 0.5) is 4.79 Å². The molecule has 1 aliphatic rings. The van der Waals surface area contributed by atoms with E-state index in [9.17, 15) is 4.79 Å². The molecule has 182 valence electrons. The van der Waals surface area contributed by atoms with Crippen LogP contribution in [0.1, 0.15) is 35.1 Å². The lowest BCUT2D eigenvalue weighted by atomic mass is 10.1. The first-order chi connectivity index (χ1) is 17.1. The molecule has 0 N–H and O–H groups in total. The third kappa shape index (κ3) is 6.40. The van der Waals surface area contributed by atoms with Gasteiger partial charge in [0.25, 0.3) is 0 Å². The molecule has 0 saturated carbocycles. The van der Waals surface area contributed by atoms with Crippen molar-refractivity contribution in [1.82, 2.24) is 19.4 Å². The van der Waals surface area contributed by atoms with E-state index in [1.165, 1.54) is 0 Å². The third-order valence-electron chi connectivity index (χ3n) is 6.15. The summed E-state index contributed by atoms with van der Waals surface area (Å²) in [6, 6.07) is 17.4. The Balaban J connectivity index is 1.27. The number of hydrogen-bond acceptors (Lipinski definition) is 6. The summed E-state index contributed by atoms with van der Waals surface area (Å²) in [6.45, 7) is 9.06. The van der Waals surface area contributed by atoms with E-state index in [0.29, 0.717) is 31.8 Å². The smallest absolute Gasteiger partial charge is 0.410 e. The number of carbonyl (C=O) groups excluding carboxylic acids is 1. The molecule has 1 aromatic heterocycles. The van der Waals surface area contributed by atoms with Gasteiger partial charge in [0.15, 0.2) is 0 Å². The van der Waals surface area contributed by atoms with Crippen molar-refractivity contribution in [2.24, 2.45) is 0 Å². The molecule has 2 heterocycles. The molecule has 4 rings (SSSR count). The first-order valence-corrected chi connectivity index (χ1v) is 11.9. The van der Waals surface area contributed by atoms with Crippen LogP contribution in [0.3, 0.4) is 0 Å². The number of nitriles is 1. The number of benzene rings is 2. The zero-order valence-electron chi connectivity index (χ0n) is 20.3. The summed E-state index contributed by atoms with van der Waals surface area (Å²) in [4.78, 5) is 21.2. The van der Waals surface area contributed by atoms with Crippen molar-refractivity contribution >= 4 is 6.09 Å². The van der Waals surface area contributed by atoms with Crippen LogP contribution >= 0.6 is 0 Å². The molecular weight excluding hydrogens is 442 g/mol. The molecule has 0 atom stereocenters. The number of carbonyl (C=O) groups is 1. The van der Waals surface area contributed by atoms with Crippen molar-refractivity contribution in [3.8, 4) is 11.8 Å². The van der Waals surface area contributed by atoms with Crippen LogP contribution < -0.4 is 4.74 Å². The first-order valence-electron chi connectivity index (χ1n) is 11.9. The van der Waals surface area contributed by atoms with Crippen molar-refractivity contribution in [2.45, 2.75) is 33.5 Å².